The zero-order valence-electron chi connectivity index (χ0n) is 16.6. The summed E-state index contributed by atoms with van der Waals surface area (Å²) in [5.41, 5.74) is 3.37. The fourth-order valence-corrected chi connectivity index (χ4v) is 6.05. The maximum atomic E-state index is 13.1. The van der Waals surface area contributed by atoms with Crippen LogP contribution in [0.15, 0.2) is 35.4 Å². The Kier molecular flexibility index (Phi) is 4.10. The smallest absolute Gasteiger partial charge is 0.234 e. The van der Waals surface area contributed by atoms with Gasteiger partial charge in [0.05, 0.1) is 11.8 Å². The van der Waals surface area contributed by atoms with Crippen LogP contribution in [-0.4, -0.2) is 23.3 Å². The van der Waals surface area contributed by atoms with Crippen LogP contribution in [0.5, 0.6) is 0 Å². The molecule has 27 heavy (non-hydrogen) atoms. The monoisotopic (exact) mass is 369 g/mol. The van der Waals surface area contributed by atoms with Crippen molar-refractivity contribution < 1.29 is 14.0 Å². The molecule has 4 unspecified atom stereocenters. The second-order valence-corrected chi connectivity index (χ2v) is 9.13. The summed E-state index contributed by atoms with van der Waals surface area (Å²) in [5.74, 6) is -0.532. The lowest BCUT2D eigenvalue weighted by molar-refractivity contribution is -0.141. The molecule has 4 heteroatoms. The number of nitrogens with zero attached hydrogens (tertiary/aromatic N) is 1. The van der Waals surface area contributed by atoms with Crippen molar-refractivity contribution in [1.29, 1.82) is 0 Å². The summed E-state index contributed by atoms with van der Waals surface area (Å²) in [5, 5.41) is 0. The third-order valence-corrected chi connectivity index (χ3v) is 7.79. The van der Waals surface area contributed by atoms with Crippen LogP contribution in [0.25, 0.3) is 0 Å². The van der Waals surface area contributed by atoms with E-state index in [1.165, 1.54) is 28.2 Å². The van der Waals surface area contributed by atoms with Gasteiger partial charge in [-0.25, -0.2) is 4.39 Å². The van der Waals surface area contributed by atoms with Crippen LogP contribution in [0.1, 0.15) is 52.5 Å². The van der Waals surface area contributed by atoms with Gasteiger partial charge in [-0.2, -0.15) is 0 Å². The van der Waals surface area contributed by atoms with Crippen molar-refractivity contribution in [3.05, 3.63) is 46.8 Å². The highest BCUT2D eigenvalue weighted by Crippen LogP contribution is 2.71. The molecule has 1 heterocycles. The fourth-order valence-electron chi connectivity index (χ4n) is 6.05. The number of halogens is 1. The number of fused-ring (bicyclic) bond motifs is 5. The van der Waals surface area contributed by atoms with Crippen LogP contribution in [-0.2, 0) is 16.0 Å². The molecule has 2 bridgehead atoms. The van der Waals surface area contributed by atoms with Gasteiger partial charge in [0.25, 0.3) is 0 Å². The number of unbranched alkanes of at least 4 members (excludes halogenated alkanes) is 1. The summed E-state index contributed by atoms with van der Waals surface area (Å²) in [6.07, 6.45) is 3.41. The summed E-state index contributed by atoms with van der Waals surface area (Å²) in [7, 11) is 0. The summed E-state index contributed by atoms with van der Waals surface area (Å²) in [6.45, 7) is 9.12. The Labute approximate surface area is 160 Å². The average molecular weight is 369 g/mol. The van der Waals surface area contributed by atoms with Crippen molar-refractivity contribution in [2.24, 2.45) is 22.7 Å². The molecule has 1 saturated heterocycles. The largest absolute Gasteiger partial charge is 0.282 e. The van der Waals surface area contributed by atoms with Crippen molar-refractivity contribution in [1.82, 2.24) is 4.90 Å². The first-order chi connectivity index (χ1) is 12.7. The highest BCUT2D eigenvalue weighted by Gasteiger charge is 2.71. The predicted octanol–water partition coefficient (Wildman–Crippen LogP) is 4.52. The number of aryl methyl sites for hydroxylation is 1. The van der Waals surface area contributed by atoms with Gasteiger partial charge in [-0.05, 0) is 57.2 Å². The maximum Gasteiger partial charge on any atom is 0.234 e. The van der Waals surface area contributed by atoms with E-state index in [2.05, 4.69) is 27.7 Å². The average Bonchev–Trinajstić information content (AvgIpc) is 3.11. The predicted molar refractivity (Wildman–Crippen MR) is 102 cm³/mol. The minimum Gasteiger partial charge on any atom is -0.282 e. The fraction of sp³-hybridized carbons (Fsp3) is 0.565. The molecule has 1 saturated carbocycles. The van der Waals surface area contributed by atoms with E-state index in [1.807, 2.05) is 0 Å². The zero-order chi connectivity index (χ0) is 19.6. The van der Waals surface area contributed by atoms with Gasteiger partial charge in [0, 0.05) is 17.4 Å². The normalized spacial score (nSPS) is 34.8. The van der Waals surface area contributed by atoms with Crippen molar-refractivity contribution in [3.63, 3.8) is 0 Å². The highest BCUT2D eigenvalue weighted by atomic mass is 19.1. The number of hydrogen-bond acceptors (Lipinski definition) is 2. The molecule has 2 amide bonds. The lowest BCUT2D eigenvalue weighted by Gasteiger charge is -2.34. The number of allylic oxidation sites excluding steroid dienone is 2. The molecule has 1 aromatic rings. The van der Waals surface area contributed by atoms with Crippen molar-refractivity contribution in [3.8, 4) is 0 Å². The molecule has 0 N–H and O–H groups in total. The van der Waals surface area contributed by atoms with Gasteiger partial charge in [0.2, 0.25) is 11.8 Å². The van der Waals surface area contributed by atoms with E-state index in [4.69, 9.17) is 0 Å². The third kappa shape index (κ3) is 2.45. The summed E-state index contributed by atoms with van der Waals surface area (Å²) >= 11 is 0. The van der Waals surface area contributed by atoms with E-state index in [9.17, 15) is 14.0 Å². The number of carbonyl (C=O) groups is 2. The molecule has 2 aliphatic carbocycles. The van der Waals surface area contributed by atoms with Gasteiger partial charge in [-0.1, -0.05) is 37.1 Å². The lowest BCUT2D eigenvalue weighted by Crippen LogP contribution is -2.36. The number of likely N-dealkylation sites (tertiary alicyclic amines) is 1. The van der Waals surface area contributed by atoms with Crippen LogP contribution in [0.2, 0.25) is 0 Å². The van der Waals surface area contributed by atoms with E-state index in [1.54, 1.807) is 12.1 Å². The Morgan fingerprint density at radius 2 is 1.48 bits per heavy atom. The lowest BCUT2D eigenvalue weighted by atomic mass is 9.66. The van der Waals surface area contributed by atoms with Crippen LogP contribution in [0.4, 0.5) is 4.39 Å². The quantitative estimate of drug-likeness (QED) is 0.435. The van der Waals surface area contributed by atoms with Gasteiger partial charge < -0.3 is 0 Å². The molecule has 2 fully saturated rings. The van der Waals surface area contributed by atoms with Crippen LogP contribution in [0.3, 0.4) is 0 Å². The second kappa shape index (κ2) is 6.02. The van der Waals surface area contributed by atoms with Crippen molar-refractivity contribution in [2.75, 3.05) is 6.54 Å². The Morgan fingerprint density at radius 3 is 2.00 bits per heavy atom. The van der Waals surface area contributed by atoms with E-state index in [0.29, 0.717) is 6.54 Å². The van der Waals surface area contributed by atoms with Gasteiger partial charge in [0.1, 0.15) is 5.82 Å². The maximum absolute atomic E-state index is 13.1. The minimum atomic E-state index is -0.227. The molecular weight excluding hydrogens is 341 g/mol. The number of rotatable bonds is 5. The molecule has 4 rings (SSSR count). The minimum absolute atomic E-state index is 0.0323. The Morgan fingerprint density at radius 1 is 0.963 bits per heavy atom. The SMILES string of the molecule is CC1=C(C)C2(C)CC1(C)C1C(=O)N(CCCCc3ccc(F)cc3)C(=O)C12. The first-order valence-electron chi connectivity index (χ1n) is 9.98. The first kappa shape index (κ1) is 18.4. The number of benzene rings is 1. The molecule has 144 valence electrons. The second-order valence-electron chi connectivity index (χ2n) is 9.13. The summed E-state index contributed by atoms with van der Waals surface area (Å²) in [4.78, 5) is 27.8. The highest BCUT2D eigenvalue weighted by molar-refractivity contribution is 6.07. The third-order valence-electron chi connectivity index (χ3n) is 7.79. The van der Waals surface area contributed by atoms with Crippen molar-refractivity contribution >= 4 is 11.8 Å². The molecular formula is C23H28FNO2. The summed E-state index contributed by atoms with van der Waals surface area (Å²) in [6, 6.07) is 6.53. The van der Waals surface area contributed by atoms with E-state index in [0.717, 1.165) is 31.2 Å². The standard InChI is InChI=1S/C23H28FNO2/c1-14-15(2)23(4)13-22(14,3)18-19(23)21(27)25(20(18)26)12-6-5-7-16-8-10-17(24)11-9-16/h8-11,18-19H,5-7,12-13H2,1-4H3. The molecule has 1 aliphatic heterocycles. The topological polar surface area (TPSA) is 37.4 Å². The van der Waals surface area contributed by atoms with E-state index >= 15 is 0 Å². The number of imide groups is 1. The van der Waals surface area contributed by atoms with Crippen LogP contribution < -0.4 is 0 Å². The van der Waals surface area contributed by atoms with Crippen molar-refractivity contribution in [2.45, 2.75) is 53.4 Å². The molecule has 0 spiro atoms. The zero-order valence-corrected chi connectivity index (χ0v) is 16.6. The Hall–Kier alpha value is -1.97. The molecule has 3 aliphatic rings. The Balaban J connectivity index is 1.43. The summed E-state index contributed by atoms with van der Waals surface area (Å²) < 4.78 is 13.0. The van der Waals surface area contributed by atoms with E-state index in [-0.39, 0.29) is 40.3 Å². The number of amides is 2. The van der Waals surface area contributed by atoms with Gasteiger partial charge in [-0.15, -0.1) is 0 Å². The molecule has 4 atom stereocenters. The van der Waals surface area contributed by atoms with Gasteiger partial charge in [0.15, 0.2) is 0 Å². The van der Waals surface area contributed by atoms with E-state index < -0.39 is 0 Å². The Bertz CT molecular complexity index is 800. The molecule has 0 aromatic heterocycles. The molecule has 0 radical (unpaired) electrons. The van der Waals surface area contributed by atoms with Crippen LogP contribution in [0, 0.1) is 28.5 Å². The van der Waals surface area contributed by atoms with Crippen LogP contribution >= 0.6 is 0 Å². The number of hydrogen-bond donors (Lipinski definition) is 0. The molecule has 3 nitrogen and oxygen atoms in total. The molecule has 1 aromatic carbocycles. The van der Waals surface area contributed by atoms with Gasteiger partial charge in [-0.3, -0.25) is 14.5 Å². The first-order valence-corrected chi connectivity index (χ1v) is 9.98. The van der Waals surface area contributed by atoms with Gasteiger partial charge >= 0.3 is 0 Å². The number of carbonyl (C=O) groups excluding carboxylic acids is 2.